The number of ether oxygens (including phenoxy) is 1. The lowest BCUT2D eigenvalue weighted by molar-refractivity contribution is -0.155. The van der Waals surface area contributed by atoms with E-state index in [1.54, 1.807) is 65.8 Å². The highest BCUT2D eigenvalue weighted by molar-refractivity contribution is 6.04. The standard InChI is InChI=1S/C24H23N3O4/c28-22-16-31-15-21(27(22)14-17-10-12-25-13-11-17)23(29)18-6-8-20(9-7-18)26-24(30)19-4-2-1-3-5-19/h1-13,21,23,29H,14-16H2,(H,26,30). The van der Waals surface area contributed by atoms with Crippen LogP contribution in [0.5, 0.6) is 0 Å². The van der Waals surface area contributed by atoms with E-state index in [9.17, 15) is 14.7 Å². The second kappa shape index (κ2) is 9.51. The van der Waals surface area contributed by atoms with Crippen molar-refractivity contribution >= 4 is 17.5 Å². The van der Waals surface area contributed by atoms with Crippen LogP contribution in [0.3, 0.4) is 0 Å². The Labute approximate surface area is 180 Å². The van der Waals surface area contributed by atoms with Gasteiger partial charge in [0.25, 0.3) is 5.91 Å². The first-order valence-corrected chi connectivity index (χ1v) is 10.0. The number of pyridine rings is 1. The molecule has 1 saturated heterocycles. The predicted molar refractivity (Wildman–Crippen MR) is 115 cm³/mol. The van der Waals surface area contributed by atoms with Crippen molar-refractivity contribution in [3.05, 3.63) is 95.8 Å². The molecule has 1 aliphatic rings. The molecule has 1 aliphatic heterocycles. The largest absolute Gasteiger partial charge is 0.386 e. The molecule has 0 spiro atoms. The highest BCUT2D eigenvalue weighted by Gasteiger charge is 2.34. The molecule has 2 atom stereocenters. The van der Waals surface area contributed by atoms with E-state index in [1.807, 2.05) is 18.2 Å². The Morgan fingerprint density at radius 2 is 1.81 bits per heavy atom. The summed E-state index contributed by atoms with van der Waals surface area (Å²) in [5, 5.41) is 13.8. The maximum absolute atomic E-state index is 12.5. The van der Waals surface area contributed by atoms with Crippen molar-refractivity contribution in [3.8, 4) is 0 Å². The molecular formula is C24H23N3O4. The zero-order valence-electron chi connectivity index (χ0n) is 16.8. The highest BCUT2D eigenvalue weighted by Crippen LogP contribution is 2.26. The van der Waals surface area contributed by atoms with Crippen molar-refractivity contribution in [2.75, 3.05) is 18.5 Å². The molecule has 2 unspecified atom stereocenters. The number of nitrogens with zero attached hydrogens (tertiary/aromatic N) is 2. The maximum Gasteiger partial charge on any atom is 0.255 e. The zero-order chi connectivity index (χ0) is 21.6. The van der Waals surface area contributed by atoms with Gasteiger partial charge >= 0.3 is 0 Å². The van der Waals surface area contributed by atoms with Crippen molar-refractivity contribution in [2.45, 2.75) is 18.7 Å². The summed E-state index contributed by atoms with van der Waals surface area (Å²) in [6, 6.07) is 19.1. The molecule has 2 heterocycles. The van der Waals surface area contributed by atoms with Gasteiger partial charge in [-0.15, -0.1) is 0 Å². The van der Waals surface area contributed by atoms with Crippen molar-refractivity contribution in [3.63, 3.8) is 0 Å². The number of anilines is 1. The quantitative estimate of drug-likeness (QED) is 0.644. The third-order valence-electron chi connectivity index (χ3n) is 5.25. The van der Waals surface area contributed by atoms with Gasteiger partial charge < -0.3 is 20.1 Å². The van der Waals surface area contributed by atoms with E-state index in [0.29, 0.717) is 23.4 Å². The van der Waals surface area contributed by atoms with Crippen LogP contribution in [0.4, 0.5) is 5.69 Å². The van der Waals surface area contributed by atoms with Crippen LogP contribution in [0.1, 0.15) is 27.6 Å². The lowest BCUT2D eigenvalue weighted by Gasteiger charge is -2.38. The van der Waals surface area contributed by atoms with Crippen LogP contribution in [0.2, 0.25) is 0 Å². The number of carbonyl (C=O) groups is 2. The molecule has 7 heteroatoms. The lowest BCUT2D eigenvalue weighted by atomic mass is 9.99. The van der Waals surface area contributed by atoms with E-state index in [1.165, 1.54) is 0 Å². The average Bonchev–Trinajstić information content (AvgIpc) is 2.82. The summed E-state index contributed by atoms with van der Waals surface area (Å²) in [6.45, 7) is 0.612. The van der Waals surface area contributed by atoms with E-state index in [0.717, 1.165) is 5.56 Å². The molecule has 7 nitrogen and oxygen atoms in total. The van der Waals surface area contributed by atoms with Gasteiger partial charge in [-0.1, -0.05) is 30.3 Å². The molecule has 4 rings (SSSR count). The summed E-state index contributed by atoms with van der Waals surface area (Å²) in [4.78, 5) is 30.4. The molecule has 2 amide bonds. The van der Waals surface area contributed by atoms with E-state index in [4.69, 9.17) is 4.74 Å². The summed E-state index contributed by atoms with van der Waals surface area (Å²) in [7, 11) is 0. The number of hydrogen-bond donors (Lipinski definition) is 2. The van der Waals surface area contributed by atoms with Gasteiger partial charge in [-0.25, -0.2) is 0 Å². The van der Waals surface area contributed by atoms with Crippen LogP contribution in [0.25, 0.3) is 0 Å². The summed E-state index contributed by atoms with van der Waals surface area (Å²) in [6.07, 6.45) is 2.42. The first kappa shape index (κ1) is 20.7. The molecule has 0 radical (unpaired) electrons. The second-order valence-electron chi connectivity index (χ2n) is 7.35. The Kier molecular flexibility index (Phi) is 6.35. The van der Waals surface area contributed by atoms with Crippen molar-refractivity contribution < 1.29 is 19.4 Å². The van der Waals surface area contributed by atoms with Gasteiger partial charge in [0.2, 0.25) is 5.91 Å². The first-order chi connectivity index (χ1) is 15.1. The number of rotatable bonds is 6. The van der Waals surface area contributed by atoms with Crippen LogP contribution in [-0.2, 0) is 16.1 Å². The number of hydrogen-bond acceptors (Lipinski definition) is 5. The molecule has 2 N–H and O–H groups in total. The molecule has 31 heavy (non-hydrogen) atoms. The molecule has 158 valence electrons. The number of morpholine rings is 1. The van der Waals surface area contributed by atoms with E-state index >= 15 is 0 Å². The maximum atomic E-state index is 12.5. The Bertz CT molecular complexity index is 1030. The van der Waals surface area contributed by atoms with Gasteiger partial charge in [0, 0.05) is 30.2 Å². The Morgan fingerprint density at radius 1 is 1.10 bits per heavy atom. The number of nitrogens with one attached hydrogen (secondary N) is 1. The summed E-state index contributed by atoms with van der Waals surface area (Å²) in [5.41, 5.74) is 2.76. The summed E-state index contributed by atoms with van der Waals surface area (Å²) < 4.78 is 5.41. The van der Waals surface area contributed by atoms with Gasteiger partial charge in [-0.2, -0.15) is 0 Å². The minimum atomic E-state index is -0.926. The number of carbonyl (C=O) groups excluding carboxylic acids is 2. The number of amides is 2. The Hall–Kier alpha value is -3.55. The molecule has 0 aliphatic carbocycles. The topological polar surface area (TPSA) is 91.8 Å². The van der Waals surface area contributed by atoms with E-state index in [-0.39, 0.29) is 25.0 Å². The third-order valence-corrected chi connectivity index (χ3v) is 5.25. The van der Waals surface area contributed by atoms with E-state index in [2.05, 4.69) is 10.3 Å². The molecule has 1 aromatic heterocycles. The van der Waals surface area contributed by atoms with Crippen molar-refractivity contribution in [1.82, 2.24) is 9.88 Å². The van der Waals surface area contributed by atoms with Gasteiger partial charge in [0.05, 0.1) is 12.6 Å². The smallest absolute Gasteiger partial charge is 0.255 e. The van der Waals surface area contributed by atoms with Crippen LogP contribution >= 0.6 is 0 Å². The van der Waals surface area contributed by atoms with Crippen molar-refractivity contribution in [2.24, 2.45) is 0 Å². The average molecular weight is 417 g/mol. The second-order valence-corrected chi connectivity index (χ2v) is 7.35. The number of aromatic nitrogens is 1. The van der Waals surface area contributed by atoms with Crippen LogP contribution in [0, 0.1) is 0 Å². The SMILES string of the molecule is O=C(Nc1ccc(C(O)C2COCC(=O)N2Cc2ccncc2)cc1)c1ccccc1. The lowest BCUT2D eigenvalue weighted by Crippen LogP contribution is -2.51. The van der Waals surface area contributed by atoms with Crippen molar-refractivity contribution in [1.29, 1.82) is 0 Å². The summed E-state index contributed by atoms with van der Waals surface area (Å²) in [5.74, 6) is -0.373. The number of aliphatic hydroxyl groups is 1. The first-order valence-electron chi connectivity index (χ1n) is 10.0. The molecule has 0 saturated carbocycles. The van der Waals surface area contributed by atoms with E-state index < -0.39 is 12.1 Å². The van der Waals surface area contributed by atoms with Gasteiger partial charge in [0.15, 0.2) is 0 Å². The van der Waals surface area contributed by atoms with Crippen LogP contribution < -0.4 is 5.32 Å². The predicted octanol–water partition coefficient (Wildman–Crippen LogP) is 2.79. The molecule has 1 fully saturated rings. The number of benzene rings is 2. The van der Waals surface area contributed by atoms with Crippen LogP contribution in [0.15, 0.2) is 79.1 Å². The minimum absolute atomic E-state index is 0.00123. The van der Waals surface area contributed by atoms with Gasteiger partial charge in [-0.05, 0) is 47.5 Å². The monoisotopic (exact) mass is 417 g/mol. The zero-order valence-corrected chi connectivity index (χ0v) is 16.8. The fourth-order valence-electron chi connectivity index (χ4n) is 3.56. The third kappa shape index (κ3) is 4.96. The molecule has 3 aromatic rings. The fraction of sp³-hybridized carbons (Fsp3) is 0.208. The molecule has 0 bridgehead atoms. The Morgan fingerprint density at radius 3 is 2.52 bits per heavy atom. The van der Waals surface area contributed by atoms with Crippen LogP contribution in [-0.4, -0.2) is 46.1 Å². The molecule has 2 aromatic carbocycles. The Balaban J connectivity index is 1.46. The van der Waals surface area contributed by atoms with Gasteiger partial charge in [-0.3, -0.25) is 14.6 Å². The fourth-order valence-corrected chi connectivity index (χ4v) is 3.56. The highest BCUT2D eigenvalue weighted by atomic mass is 16.5. The summed E-state index contributed by atoms with van der Waals surface area (Å²) >= 11 is 0. The molecular weight excluding hydrogens is 394 g/mol. The van der Waals surface area contributed by atoms with Gasteiger partial charge in [0.1, 0.15) is 12.7 Å². The normalized spacial score (nSPS) is 17.3. The minimum Gasteiger partial charge on any atom is -0.386 e. The number of aliphatic hydroxyl groups excluding tert-OH is 1.